The molecule has 80 valence electrons. The maximum absolute atomic E-state index is 6.03. The molecule has 2 unspecified atom stereocenters. The van der Waals surface area contributed by atoms with Crippen LogP contribution in [0.2, 0.25) is 0 Å². The van der Waals surface area contributed by atoms with Crippen LogP contribution >= 0.6 is 0 Å². The van der Waals surface area contributed by atoms with Crippen molar-refractivity contribution in [3.8, 4) is 0 Å². The maximum atomic E-state index is 6.03. The summed E-state index contributed by atoms with van der Waals surface area (Å²) in [6, 6.07) is 7.27. The highest BCUT2D eigenvalue weighted by Gasteiger charge is 2.25. The van der Waals surface area contributed by atoms with E-state index in [2.05, 4.69) is 29.1 Å². The zero-order valence-corrected chi connectivity index (χ0v) is 8.79. The second-order valence-corrected chi connectivity index (χ2v) is 4.55. The van der Waals surface area contributed by atoms with Crippen LogP contribution in [0.25, 0.3) is 0 Å². The molecule has 2 atom stereocenters. The average Bonchev–Trinajstić information content (AvgIpc) is 2.84. The van der Waals surface area contributed by atoms with Gasteiger partial charge in [0.2, 0.25) is 0 Å². The highest BCUT2D eigenvalue weighted by Crippen LogP contribution is 2.26. The number of hydrogen-bond donors (Lipinski definition) is 3. The van der Waals surface area contributed by atoms with E-state index in [1.165, 1.54) is 36.0 Å². The van der Waals surface area contributed by atoms with Crippen molar-refractivity contribution in [3.63, 3.8) is 0 Å². The quantitative estimate of drug-likeness (QED) is 0.628. The molecule has 15 heavy (non-hydrogen) atoms. The van der Waals surface area contributed by atoms with E-state index >= 15 is 0 Å². The molecular formula is C12H17N3. The second-order valence-electron chi connectivity index (χ2n) is 4.55. The Morgan fingerprint density at radius 3 is 2.87 bits per heavy atom. The topological polar surface area (TPSA) is 50.1 Å². The fraction of sp³-hybridized carbons (Fsp3) is 0.500. The fourth-order valence-electron chi connectivity index (χ4n) is 2.63. The van der Waals surface area contributed by atoms with E-state index in [1.54, 1.807) is 0 Å². The van der Waals surface area contributed by atoms with Gasteiger partial charge in [-0.3, -0.25) is 5.43 Å². The third kappa shape index (κ3) is 1.57. The van der Waals surface area contributed by atoms with Gasteiger partial charge in [-0.15, -0.1) is 0 Å². The van der Waals surface area contributed by atoms with E-state index in [4.69, 9.17) is 5.73 Å². The minimum atomic E-state index is 0.185. The van der Waals surface area contributed by atoms with Crippen molar-refractivity contribution < 1.29 is 0 Å². The zero-order valence-electron chi connectivity index (χ0n) is 8.79. The van der Waals surface area contributed by atoms with Gasteiger partial charge in [0.15, 0.2) is 0 Å². The van der Waals surface area contributed by atoms with Gasteiger partial charge in [-0.1, -0.05) is 18.2 Å². The Morgan fingerprint density at radius 2 is 2.07 bits per heavy atom. The van der Waals surface area contributed by atoms with Crippen molar-refractivity contribution in [1.29, 1.82) is 0 Å². The van der Waals surface area contributed by atoms with Crippen molar-refractivity contribution in [1.82, 2.24) is 10.9 Å². The molecule has 4 N–H and O–H groups in total. The summed E-state index contributed by atoms with van der Waals surface area (Å²) in [6.07, 6.45) is 3.79. The Balaban J connectivity index is 1.92. The van der Waals surface area contributed by atoms with Gasteiger partial charge in [-0.2, -0.15) is 0 Å². The van der Waals surface area contributed by atoms with Crippen LogP contribution in [0, 0.1) is 0 Å². The van der Waals surface area contributed by atoms with Crippen LogP contribution < -0.4 is 16.6 Å². The average molecular weight is 203 g/mol. The number of rotatable bonds is 1. The number of hydrogen-bond acceptors (Lipinski definition) is 3. The minimum Gasteiger partial charge on any atom is -0.325 e. The molecule has 0 amide bonds. The Labute approximate surface area is 90.0 Å². The van der Waals surface area contributed by atoms with Crippen LogP contribution in [0.3, 0.4) is 0 Å². The normalized spacial score (nSPS) is 29.4. The maximum Gasteiger partial charge on any atom is 0.0626 e. The fourth-order valence-corrected chi connectivity index (χ4v) is 2.63. The summed E-state index contributed by atoms with van der Waals surface area (Å²) in [5.74, 6) is 0. The molecule has 1 fully saturated rings. The molecule has 0 aromatic heterocycles. The summed E-state index contributed by atoms with van der Waals surface area (Å²) in [6.45, 7) is 0.849. The van der Waals surface area contributed by atoms with Crippen molar-refractivity contribution >= 4 is 0 Å². The van der Waals surface area contributed by atoms with Crippen molar-refractivity contribution in [2.24, 2.45) is 5.73 Å². The van der Waals surface area contributed by atoms with E-state index in [0.29, 0.717) is 0 Å². The van der Waals surface area contributed by atoms with Crippen LogP contribution in [-0.2, 0) is 12.8 Å². The van der Waals surface area contributed by atoms with Crippen LogP contribution in [0.1, 0.15) is 29.2 Å². The molecule has 1 aliphatic heterocycles. The molecule has 0 saturated carbocycles. The van der Waals surface area contributed by atoms with Crippen LogP contribution in [0.5, 0.6) is 0 Å². The predicted molar refractivity (Wildman–Crippen MR) is 60.3 cm³/mol. The summed E-state index contributed by atoms with van der Waals surface area (Å²) in [7, 11) is 0. The molecule has 3 nitrogen and oxygen atoms in total. The molecule has 1 heterocycles. The van der Waals surface area contributed by atoms with Crippen molar-refractivity contribution in [3.05, 3.63) is 34.9 Å². The molecule has 0 radical (unpaired) electrons. The zero-order chi connectivity index (χ0) is 10.3. The first-order valence-electron chi connectivity index (χ1n) is 5.70. The van der Waals surface area contributed by atoms with E-state index in [-0.39, 0.29) is 12.1 Å². The van der Waals surface area contributed by atoms with Gasteiger partial charge < -0.3 is 5.73 Å². The molecule has 0 bridgehead atoms. The molecule has 1 aromatic carbocycles. The summed E-state index contributed by atoms with van der Waals surface area (Å²) in [4.78, 5) is 0. The molecule has 1 saturated heterocycles. The number of hydrazine groups is 1. The summed E-state index contributed by atoms with van der Waals surface area (Å²) in [5.41, 5.74) is 16.8. The summed E-state index contributed by atoms with van der Waals surface area (Å²) in [5, 5.41) is 0. The van der Waals surface area contributed by atoms with Gasteiger partial charge in [0.25, 0.3) is 0 Å². The van der Waals surface area contributed by atoms with E-state index in [1.807, 2.05) is 0 Å². The third-order valence-electron chi connectivity index (χ3n) is 3.51. The molecule has 1 aromatic rings. The van der Waals surface area contributed by atoms with Gasteiger partial charge in [-0.25, -0.2) is 5.43 Å². The molecule has 3 rings (SSSR count). The van der Waals surface area contributed by atoms with Gasteiger partial charge in [0.05, 0.1) is 6.04 Å². The van der Waals surface area contributed by atoms with Crippen LogP contribution in [0.4, 0.5) is 0 Å². The number of nitrogens with one attached hydrogen (secondary N) is 2. The molecule has 2 aliphatic rings. The summed E-state index contributed by atoms with van der Waals surface area (Å²) < 4.78 is 0. The lowest BCUT2D eigenvalue weighted by atomic mass is 9.98. The van der Waals surface area contributed by atoms with Crippen molar-refractivity contribution in [2.75, 3.05) is 6.54 Å². The SMILES string of the molecule is NC1CNNC1c1ccc2c(c1)CCC2. The Kier molecular flexibility index (Phi) is 2.24. The lowest BCUT2D eigenvalue weighted by Crippen LogP contribution is -2.29. The Hall–Kier alpha value is -0.900. The third-order valence-corrected chi connectivity index (χ3v) is 3.51. The first kappa shape index (κ1) is 9.33. The molecule has 1 aliphatic carbocycles. The number of nitrogens with two attached hydrogens (primary N) is 1. The van der Waals surface area contributed by atoms with Gasteiger partial charge in [-0.05, 0) is 36.0 Å². The predicted octanol–water partition coefficient (Wildman–Crippen LogP) is 0.652. The molecule has 0 spiro atoms. The number of benzene rings is 1. The van der Waals surface area contributed by atoms with E-state index < -0.39 is 0 Å². The van der Waals surface area contributed by atoms with Crippen LogP contribution in [-0.4, -0.2) is 12.6 Å². The first-order chi connectivity index (χ1) is 7.34. The van der Waals surface area contributed by atoms with Crippen LogP contribution in [0.15, 0.2) is 18.2 Å². The van der Waals surface area contributed by atoms with Crippen molar-refractivity contribution in [2.45, 2.75) is 31.3 Å². The monoisotopic (exact) mass is 203 g/mol. The second kappa shape index (κ2) is 3.59. The molecule has 3 heteroatoms. The van der Waals surface area contributed by atoms with Gasteiger partial charge in [0, 0.05) is 12.6 Å². The lowest BCUT2D eigenvalue weighted by Gasteiger charge is -2.15. The minimum absolute atomic E-state index is 0.185. The van der Waals surface area contributed by atoms with E-state index in [9.17, 15) is 0 Å². The Bertz CT molecular complexity index is 375. The number of fused-ring (bicyclic) bond motifs is 1. The first-order valence-corrected chi connectivity index (χ1v) is 5.70. The highest BCUT2D eigenvalue weighted by molar-refractivity contribution is 5.37. The van der Waals surface area contributed by atoms with E-state index in [0.717, 1.165) is 6.54 Å². The van der Waals surface area contributed by atoms with Gasteiger partial charge >= 0.3 is 0 Å². The van der Waals surface area contributed by atoms with Gasteiger partial charge in [0.1, 0.15) is 0 Å². The molecular weight excluding hydrogens is 186 g/mol. The standard InChI is InChI=1S/C12H17N3/c13-11-7-14-15-12(11)10-5-4-8-2-1-3-9(8)6-10/h4-6,11-12,14-15H,1-3,7,13H2. The highest BCUT2D eigenvalue weighted by atomic mass is 15.4. The Morgan fingerprint density at radius 1 is 1.20 bits per heavy atom. The lowest BCUT2D eigenvalue weighted by molar-refractivity contribution is 0.551. The smallest absolute Gasteiger partial charge is 0.0626 e. The number of aryl methyl sites for hydroxylation is 2. The largest absolute Gasteiger partial charge is 0.325 e. The summed E-state index contributed by atoms with van der Waals surface area (Å²) >= 11 is 0.